The van der Waals surface area contributed by atoms with Crippen LogP contribution < -0.4 is 5.32 Å². The van der Waals surface area contributed by atoms with Gasteiger partial charge in [-0.1, -0.05) is 28.9 Å². The van der Waals surface area contributed by atoms with Crippen molar-refractivity contribution in [1.29, 1.82) is 0 Å². The Morgan fingerprint density at radius 3 is 2.71 bits per heavy atom. The maximum Gasteiger partial charge on any atom is 0.129 e. The molecule has 2 rings (SSSR count). The standard InChI is InChI=1S/C13H18BrFN2/c1-3-17(11-7-16-8-11)9(2)12-5-4-10(14)6-13(12)15/h4-6,9,11,16H,3,7-8H2,1-2H3. The minimum absolute atomic E-state index is 0.125. The summed E-state index contributed by atoms with van der Waals surface area (Å²) in [5.41, 5.74) is 0.780. The minimum atomic E-state index is -0.127. The maximum atomic E-state index is 13.9. The monoisotopic (exact) mass is 300 g/mol. The predicted octanol–water partition coefficient (Wildman–Crippen LogP) is 2.94. The largest absolute Gasteiger partial charge is 0.314 e. The molecule has 0 aromatic heterocycles. The number of hydrogen-bond acceptors (Lipinski definition) is 2. The first-order valence-corrected chi connectivity index (χ1v) is 6.84. The van der Waals surface area contributed by atoms with Crippen molar-refractivity contribution in [3.8, 4) is 0 Å². The lowest BCUT2D eigenvalue weighted by atomic mass is 10.0. The third-order valence-electron chi connectivity index (χ3n) is 3.50. The molecule has 1 heterocycles. The summed E-state index contributed by atoms with van der Waals surface area (Å²) in [4.78, 5) is 2.35. The zero-order chi connectivity index (χ0) is 12.4. The van der Waals surface area contributed by atoms with E-state index in [9.17, 15) is 4.39 Å². The third-order valence-corrected chi connectivity index (χ3v) is 4.00. The highest BCUT2D eigenvalue weighted by molar-refractivity contribution is 9.10. The van der Waals surface area contributed by atoms with Crippen LogP contribution in [0.25, 0.3) is 0 Å². The highest BCUT2D eigenvalue weighted by Gasteiger charge is 2.28. The van der Waals surface area contributed by atoms with Gasteiger partial charge in [-0.05, 0) is 25.6 Å². The summed E-state index contributed by atoms with van der Waals surface area (Å²) in [6.45, 7) is 7.18. The molecule has 94 valence electrons. The molecule has 1 aromatic rings. The number of likely N-dealkylation sites (N-methyl/N-ethyl adjacent to an activating group) is 1. The number of halogens is 2. The number of nitrogens with one attached hydrogen (secondary N) is 1. The molecule has 0 spiro atoms. The van der Waals surface area contributed by atoms with Crippen molar-refractivity contribution in [2.45, 2.75) is 25.9 Å². The van der Waals surface area contributed by atoms with Gasteiger partial charge < -0.3 is 5.32 Å². The first-order valence-electron chi connectivity index (χ1n) is 6.05. The van der Waals surface area contributed by atoms with Crippen molar-refractivity contribution in [2.75, 3.05) is 19.6 Å². The predicted molar refractivity (Wildman–Crippen MR) is 71.6 cm³/mol. The van der Waals surface area contributed by atoms with E-state index < -0.39 is 0 Å². The summed E-state index contributed by atoms with van der Waals surface area (Å²) in [6.07, 6.45) is 0. The van der Waals surface area contributed by atoms with Crippen LogP contribution in [0.15, 0.2) is 22.7 Å². The van der Waals surface area contributed by atoms with Crippen molar-refractivity contribution in [1.82, 2.24) is 10.2 Å². The van der Waals surface area contributed by atoms with Gasteiger partial charge in [0.2, 0.25) is 0 Å². The molecule has 17 heavy (non-hydrogen) atoms. The molecule has 0 radical (unpaired) electrons. The fraction of sp³-hybridized carbons (Fsp3) is 0.538. The summed E-state index contributed by atoms with van der Waals surface area (Å²) in [5, 5.41) is 3.26. The topological polar surface area (TPSA) is 15.3 Å². The zero-order valence-electron chi connectivity index (χ0n) is 10.2. The highest BCUT2D eigenvalue weighted by Crippen LogP contribution is 2.27. The molecule has 0 saturated carbocycles. The summed E-state index contributed by atoms with van der Waals surface area (Å²) in [7, 11) is 0. The quantitative estimate of drug-likeness (QED) is 0.920. The van der Waals surface area contributed by atoms with Crippen molar-refractivity contribution >= 4 is 15.9 Å². The summed E-state index contributed by atoms with van der Waals surface area (Å²) < 4.78 is 14.7. The van der Waals surface area contributed by atoms with Gasteiger partial charge in [0, 0.05) is 35.2 Å². The molecular formula is C13H18BrFN2. The van der Waals surface area contributed by atoms with E-state index in [2.05, 4.69) is 40.0 Å². The Hall–Kier alpha value is -0.450. The van der Waals surface area contributed by atoms with Gasteiger partial charge in [-0.3, -0.25) is 4.90 Å². The fourth-order valence-electron chi connectivity index (χ4n) is 2.38. The van der Waals surface area contributed by atoms with Crippen LogP contribution in [0.2, 0.25) is 0 Å². The SMILES string of the molecule is CCN(C1CNC1)C(C)c1ccc(Br)cc1F. The molecule has 0 amide bonds. The smallest absolute Gasteiger partial charge is 0.129 e. The number of hydrogen-bond donors (Lipinski definition) is 1. The van der Waals surface area contributed by atoms with Crippen molar-refractivity contribution in [3.05, 3.63) is 34.1 Å². The van der Waals surface area contributed by atoms with Crippen molar-refractivity contribution in [3.63, 3.8) is 0 Å². The van der Waals surface area contributed by atoms with E-state index in [1.165, 1.54) is 0 Å². The lowest BCUT2D eigenvalue weighted by Crippen LogP contribution is -2.57. The molecule has 2 nitrogen and oxygen atoms in total. The van der Waals surface area contributed by atoms with E-state index >= 15 is 0 Å². The van der Waals surface area contributed by atoms with Crippen molar-refractivity contribution in [2.24, 2.45) is 0 Å². The molecular weight excluding hydrogens is 283 g/mol. The molecule has 1 N–H and O–H groups in total. The van der Waals surface area contributed by atoms with E-state index in [1.54, 1.807) is 6.07 Å². The first kappa shape index (κ1) is 13.0. The molecule has 0 aliphatic carbocycles. The zero-order valence-corrected chi connectivity index (χ0v) is 11.8. The highest BCUT2D eigenvalue weighted by atomic mass is 79.9. The van der Waals surface area contributed by atoms with Gasteiger partial charge in [0.25, 0.3) is 0 Å². The lowest BCUT2D eigenvalue weighted by Gasteiger charge is -2.41. The Kier molecular flexibility index (Phi) is 4.17. The van der Waals surface area contributed by atoms with Crippen LogP contribution in [0, 0.1) is 5.82 Å². The van der Waals surface area contributed by atoms with Crippen LogP contribution in [0.3, 0.4) is 0 Å². The Labute approximate surface area is 110 Å². The van der Waals surface area contributed by atoms with Gasteiger partial charge in [-0.2, -0.15) is 0 Å². The summed E-state index contributed by atoms with van der Waals surface area (Å²) in [5.74, 6) is -0.127. The maximum absolute atomic E-state index is 13.9. The van der Waals surface area contributed by atoms with E-state index in [-0.39, 0.29) is 11.9 Å². The van der Waals surface area contributed by atoms with Gasteiger partial charge in [0.1, 0.15) is 5.82 Å². The van der Waals surface area contributed by atoms with E-state index in [1.807, 2.05) is 12.1 Å². The Morgan fingerprint density at radius 2 is 2.24 bits per heavy atom. The van der Waals surface area contributed by atoms with Gasteiger partial charge in [0.05, 0.1) is 0 Å². The summed E-state index contributed by atoms with van der Waals surface area (Å²) >= 11 is 3.29. The summed E-state index contributed by atoms with van der Waals surface area (Å²) in [6, 6.07) is 5.98. The molecule has 1 aliphatic heterocycles. The lowest BCUT2D eigenvalue weighted by molar-refractivity contribution is 0.108. The number of benzene rings is 1. The van der Waals surface area contributed by atoms with Crippen LogP contribution in [-0.4, -0.2) is 30.6 Å². The fourth-order valence-corrected chi connectivity index (χ4v) is 2.71. The Balaban J connectivity index is 2.19. The van der Waals surface area contributed by atoms with Gasteiger partial charge >= 0.3 is 0 Å². The second-order valence-corrected chi connectivity index (χ2v) is 5.40. The van der Waals surface area contributed by atoms with Gasteiger partial charge in [0.15, 0.2) is 0 Å². The first-order chi connectivity index (χ1) is 8.13. The van der Waals surface area contributed by atoms with Crippen LogP contribution in [0.1, 0.15) is 25.5 Å². The van der Waals surface area contributed by atoms with Crippen LogP contribution in [-0.2, 0) is 0 Å². The molecule has 1 fully saturated rings. The molecule has 1 aliphatic rings. The molecule has 1 aromatic carbocycles. The molecule has 4 heteroatoms. The normalized spacial score (nSPS) is 18.2. The third kappa shape index (κ3) is 2.69. The molecule has 1 unspecified atom stereocenters. The average molecular weight is 301 g/mol. The van der Waals surface area contributed by atoms with Gasteiger partial charge in [-0.25, -0.2) is 4.39 Å². The van der Waals surface area contributed by atoms with Crippen molar-refractivity contribution < 1.29 is 4.39 Å². The van der Waals surface area contributed by atoms with E-state index in [0.717, 1.165) is 29.7 Å². The second-order valence-electron chi connectivity index (χ2n) is 4.48. The molecule has 1 atom stereocenters. The van der Waals surface area contributed by atoms with Crippen LogP contribution in [0.4, 0.5) is 4.39 Å². The number of rotatable bonds is 4. The Bertz CT molecular complexity index is 393. The van der Waals surface area contributed by atoms with E-state index in [4.69, 9.17) is 0 Å². The Morgan fingerprint density at radius 1 is 1.53 bits per heavy atom. The molecule has 1 saturated heterocycles. The van der Waals surface area contributed by atoms with E-state index in [0.29, 0.717) is 6.04 Å². The van der Waals surface area contributed by atoms with Crippen LogP contribution in [0.5, 0.6) is 0 Å². The second kappa shape index (κ2) is 5.46. The number of nitrogens with zero attached hydrogens (tertiary/aromatic N) is 1. The minimum Gasteiger partial charge on any atom is -0.314 e. The average Bonchev–Trinajstić information content (AvgIpc) is 2.22. The van der Waals surface area contributed by atoms with Crippen LogP contribution >= 0.6 is 15.9 Å². The van der Waals surface area contributed by atoms with Gasteiger partial charge in [-0.15, -0.1) is 0 Å². The molecule has 0 bridgehead atoms.